The monoisotopic (exact) mass is 409 g/mol. The van der Waals surface area contributed by atoms with Crippen LogP contribution in [0.5, 0.6) is 0 Å². The van der Waals surface area contributed by atoms with Crippen molar-refractivity contribution < 1.29 is 18.4 Å². The van der Waals surface area contributed by atoms with Gasteiger partial charge >= 0.3 is 0 Å². The van der Waals surface area contributed by atoms with Crippen LogP contribution in [0.1, 0.15) is 37.6 Å². The number of carbonyl (C=O) groups is 2. The number of benzene rings is 2. The fraction of sp³-hybridized carbons (Fsp3) is 0.0769. The second-order valence-electron chi connectivity index (χ2n) is 7.50. The predicted octanol–water partition coefficient (Wildman–Crippen LogP) is 6.42. The van der Waals surface area contributed by atoms with Crippen molar-refractivity contribution in [3.8, 4) is 0 Å². The van der Waals surface area contributed by atoms with Crippen LogP contribution in [-0.2, 0) is 0 Å². The second-order valence-corrected chi connectivity index (χ2v) is 7.50. The fourth-order valence-electron chi connectivity index (χ4n) is 3.74. The summed E-state index contributed by atoms with van der Waals surface area (Å²) in [4.78, 5) is 27.6. The third-order valence-corrected chi connectivity index (χ3v) is 5.47. The first-order valence-corrected chi connectivity index (χ1v) is 9.94. The van der Waals surface area contributed by atoms with Crippen LogP contribution in [0.2, 0.25) is 0 Å². The Hall–Kier alpha value is -4.12. The molecule has 4 aromatic rings. The Morgan fingerprint density at radius 1 is 0.774 bits per heavy atom. The molecule has 2 heterocycles. The molecule has 0 bridgehead atoms. The maximum atomic E-state index is 12.9. The summed E-state index contributed by atoms with van der Waals surface area (Å²) in [6, 6.07) is 20.4. The quantitative estimate of drug-likeness (QED) is 0.287. The number of anilines is 3. The Morgan fingerprint density at radius 2 is 1.45 bits per heavy atom. The van der Waals surface area contributed by atoms with E-state index in [1.807, 2.05) is 55.1 Å². The lowest BCUT2D eigenvalue weighted by Crippen LogP contribution is -2.07. The van der Waals surface area contributed by atoms with Gasteiger partial charge in [0.15, 0.2) is 11.6 Å². The van der Waals surface area contributed by atoms with Crippen LogP contribution >= 0.6 is 0 Å². The highest BCUT2D eigenvalue weighted by Crippen LogP contribution is 2.37. The lowest BCUT2D eigenvalue weighted by atomic mass is 10.0. The van der Waals surface area contributed by atoms with E-state index in [0.717, 1.165) is 16.8 Å². The van der Waals surface area contributed by atoms with Gasteiger partial charge in [-0.25, -0.2) is 0 Å². The van der Waals surface area contributed by atoms with Gasteiger partial charge in [0.1, 0.15) is 5.76 Å². The third-order valence-electron chi connectivity index (χ3n) is 5.47. The zero-order chi connectivity index (χ0) is 21.5. The average molecular weight is 409 g/mol. The maximum Gasteiger partial charge on any atom is 0.207 e. The molecule has 0 amide bonds. The van der Waals surface area contributed by atoms with Gasteiger partial charge in [-0.15, -0.1) is 0 Å². The van der Waals surface area contributed by atoms with E-state index in [4.69, 9.17) is 8.83 Å². The molecule has 1 aliphatic carbocycles. The summed E-state index contributed by atoms with van der Waals surface area (Å²) in [5, 5.41) is 0. The van der Waals surface area contributed by atoms with E-state index >= 15 is 0 Å². The Bertz CT molecular complexity index is 1280. The normalized spacial score (nSPS) is 12.9. The second kappa shape index (κ2) is 7.29. The van der Waals surface area contributed by atoms with E-state index in [2.05, 4.69) is 0 Å². The van der Waals surface area contributed by atoms with Gasteiger partial charge in [-0.1, -0.05) is 18.2 Å². The molecule has 0 aliphatic heterocycles. The van der Waals surface area contributed by atoms with E-state index in [0.29, 0.717) is 28.7 Å². The van der Waals surface area contributed by atoms with Gasteiger partial charge in [-0.3, -0.25) is 14.5 Å². The van der Waals surface area contributed by atoms with Crippen LogP contribution in [0.3, 0.4) is 0 Å². The molecule has 0 spiro atoms. The lowest BCUT2D eigenvalue weighted by molar-refractivity contribution is 0.0990. The molecule has 152 valence electrons. The number of rotatable bonds is 4. The lowest BCUT2D eigenvalue weighted by Gasteiger charge is -2.18. The van der Waals surface area contributed by atoms with E-state index < -0.39 is 0 Å². The molecular weight excluding hydrogens is 390 g/mol. The number of Topliss-reactive ketones (excluding diaryl/α,β-unsaturated/α-hetero) is 2. The number of para-hydroxylation sites is 1. The standard InChI is InChI=1S/C26H19NO4/c1-16-13-20-21(14-17(16)2)26(29)22(25(20)28)15-19-10-11-24(31-19)27(23-9-6-12-30-23)18-7-4-3-5-8-18/h3-15H,1-2H3. The molecule has 31 heavy (non-hydrogen) atoms. The maximum absolute atomic E-state index is 12.9. The van der Waals surface area contributed by atoms with Gasteiger partial charge in [0, 0.05) is 23.3 Å². The minimum atomic E-state index is -0.271. The third kappa shape index (κ3) is 3.20. The zero-order valence-corrected chi connectivity index (χ0v) is 17.1. The number of allylic oxidation sites excluding steroid dienone is 1. The molecule has 0 radical (unpaired) electrons. The highest BCUT2D eigenvalue weighted by Gasteiger charge is 2.34. The minimum Gasteiger partial charge on any atom is -0.448 e. The van der Waals surface area contributed by atoms with Gasteiger partial charge in [0.05, 0.1) is 17.5 Å². The SMILES string of the molecule is Cc1cc2c(cc1C)C(=O)C(=Cc1ccc(N(c3ccccc3)c3ccco3)o1)C2=O. The van der Waals surface area contributed by atoms with Crippen LogP contribution in [0.25, 0.3) is 6.08 Å². The van der Waals surface area contributed by atoms with Gasteiger partial charge in [0.25, 0.3) is 0 Å². The summed E-state index contributed by atoms with van der Waals surface area (Å²) >= 11 is 0. The van der Waals surface area contributed by atoms with Crippen molar-refractivity contribution in [3.05, 3.63) is 107 Å². The molecule has 0 saturated carbocycles. The Labute approximate surface area is 179 Å². The van der Waals surface area contributed by atoms with Crippen molar-refractivity contribution in [2.24, 2.45) is 0 Å². The van der Waals surface area contributed by atoms with Crippen LogP contribution in [-0.4, -0.2) is 11.6 Å². The largest absolute Gasteiger partial charge is 0.448 e. The molecule has 2 aromatic carbocycles. The van der Waals surface area contributed by atoms with Crippen LogP contribution in [0.4, 0.5) is 17.5 Å². The number of hydrogen-bond donors (Lipinski definition) is 0. The van der Waals surface area contributed by atoms with Crippen molar-refractivity contribution in [2.75, 3.05) is 4.90 Å². The van der Waals surface area contributed by atoms with Gasteiger partial charge in [-0.05, 0) is 67.4 Å². The first kappa shape index (κ1) is 18.9. The number of furan rings is 2. The molecule has 1 aliphatic rings. The number of aryl methyl sites for hydroxylation is 2. The molecule has 0 atom stereocenters. The number of hydrogen-bond acceptors (Lipinski definition) is 5. The molecule has 0 N–H and O–H groups in total. The summed E-state index contributed by atoms with van der Waals surface area (Å²) in [6.07, 6.45) is 3.11. The average Bonchev–Trinajstić information content (AvgIpc) is 3.50. The molecule has 5 rings (SSSR count). The Morgan fingerprint density at radius 3 is 2.06 bits per heavy atom. The Kier molecular flexibility index (Phi) is 4.44. The summed E-state index contributed by atoms with van der Waals surface area (Å²) in [5.74, 6) is 0.973. The van der Waals surface area contributed by atoms with E-state index in [1.165, 1.54) is 6.08 Å². The van der Waals surface area contributed by atoms with Gasteiger partial charge in [0.2, 0.25) is 11.8 Å². The Balaban J connectivity index is 1.53. The number of carbonyl (C=O) groups excluding carboxylic acids is 2. The van der Waals surface area contributed by atoms with Crippen molar-refractivity contribution in [1.82, 2.24) is 0 Å². The first-order chi connectivity index (χ1) is 15.0. The van der Waals surface area contributed by atoms with Crippen LogP contribution < -0.4 is 4.90 Å². The van der Waals surface area contributed by atoms with Crippen LogP contribution in [0, 0.1) is 13.8 Å². The number of fused-ring (bicyclic) bond motifs is 1. The van der Waals surface area contributed by atoms with E-state index in [1.54, 1.807) is 36.6 Å². The molecular formula is C26H19NO4. The molecule has 0 fully saturated rings. The summed E-state index contributed by atoms with van der Waals surface area (Å²) in [5.41, 5.74) is 3.85. The van der Waals surface area contributed by atoms with Gasteiger partial charge in [-0.2, -0.15) is 0 Å². The smallest absolute Gasteiger partial charge is 0.207 e. The summed E-state index contributed by atoms with van der Waals surface area (Å²) < 4.78 is 11.6. The van der Waals surface area contributed by atoms with Gasteiger partial charge < -0.3 is 8.83 Å². The fourth-order valence-corrected chi connectivity index (χ4v) is 3.74. The zero-order valence-electron chi connectivity index (χ0n) is 17.1. The van der Waals surface area contributed by atoms with Crippen LogP contribution in [0.15, 0.2) is 87.4 Å². The van der Waals surface area contributed by atoms with Crippen molar-refractivity contribution in [1.29, 1.82) is 0 Å². The highest BCUT2D eigenvalue weighted by atomic mass is 16.4. The van der Waals surface area contributed by atoms with Crippen molar-refractivity contribution in [2.45, 2.75) is 13.8 Å². The molecule has 0 unspecified atom stereocenters. The van der Waals surface area contributed by atoms with Crippen molar-refractivity contribution in [3.63, 3.8) is 0 Å². The topological polar surface area (TPSA) is 63.7 Å². The number of ketones is 2. The van der Waals surface area contributed by atoms with E-state index in [-0.39, 0.29) is 17.1 Å². The summed E-state index contributed by atoms with van der Waals surface area (Å²) in [6.45, 7) is 3.86. The summed E-state index contributed by atoms with van der Waals surface area (Å²) in [7, 11) is 0. The molecule has 5 heteroatoms. The number of nitrogens with zero attached hydrogens (tertiary/aromatic N) is 1. The molecule has 5 nitrogen and oxygen atoms in total. The minimum absolute atomic E-state index is 0.116. The molecule has 0 saturated heterocycles. The first-order valence-electron chi connectivity index (χ1n) is 9.94. The van der Waals surface area contributed by atoms with Crippen molar-refractivity contribution >= 4 is 35.1 Å². The molecule has 2 aromatic heterocycles. The van der Waals surface area contributed by atoms with E-state index in [9.17, 15) is 9.59 Å². The predicted molar refractivity (Wildman–Crippen MR) is 118 cm³/mol. The highest BCUT2D eigenvalue weighted by molar-refractivity contribution is 6.41.